The number of fused-ring (bicyclic) bond motifs is 3. The molecule has 0 saturated carbocycles. The van der Waals surface area contributed by atoms with E-state index in [9.17, 15) is 20.2 Å². The van der Waals surface area contributed by atoms with Gasteiger partial charge in [-0.05, 0) is 30.5 Å². The lowest BCUT2D eigenvalue weighted by atomic mass is 9.52. The highest BCUT2D eigenvalue weighted by Gasteiger charge is 2.63. The van der Waals surface area contributed by atoms with Crippen molar-refractivity contribution in [3.05, 3.63) is 64.0 Å². The van der Waals surface area contributed by atoms with E-state index in [0.717, 1.165) is 16.7 Å². The SMILES string of the molecule is CC1=CC=C2C(C)(C)C(=NO)C(OCCO)=CC23Oc2c(ccc4c2C(O)NC4=O)CC13C. The minimum Gasteiger partial charge on any atom is -0.489 e. The summed E-state index contributed by atoms with van der Waals surface area (Å²) >= 11 is 0. The molecule has 1 spiro atoms. The lowest BCUT2D eigenvalue weighted by Gasteiger charge is -2.58. The minimum absolute atomic E-state index is 0.0325. The van der Waals surface area contributed by atoms with E-state index >= 15 is 0 Å². The molecular formula is C25H28N2O6. The van der Waals surface area contributed by atoms with Gasteiger partial charge in [-0.25, -0.2) is 0 Å². The fraction of sp³-hybridized carbons (Fsp3) is 0.440. The molecule has 174 valence electrons. The summed E-state index contributed by atoms with van der Waals surface area (Å²) in [4.78, 5) is 12.3. The van der Waals surface area contributed by atoms with Crippen LogP contribution in [0.1, 0.15) is 55.4 Å². The van der Waals surface area contributed by atoms with Gasteiger partial charge in [0.05, 0.1) is 17.7 Å². The van der Waals surface area contributed by atoms with Gasteiger partial charge in [0, 0.05) is 16.9 Å². The zero-order valence-electron chi connectivity index (χ0n) is 19.1. The summed E-state index contributed by atoms with van der Waals surface area (Å²) in [6.07, 6.45) is 5.33. The Kier molecular flexibility index (Phi) is 4.58. The first-order chi connectivity index (χ1) is 15.6. The lowest BCUT2D eigenvalue weighted by molar-refractivity contribution is 0.00177. The van der Waals surface area contributed by atoms with Gasteiger partial charge in [-0.15, -0.1) is 0 Å². The monoisotopic (exact) mass is 452 g/mol. The number of ether oxygens (including phenoxy) is 2. The van der Waals surface area contributed by atoms with Crippen molar-refractivity contribution < 1.29 is 29.7 Å². The highest BCUT2D eigenvalue weighted by Crippen LogP contribution is 2.62. The molecule has 0 aromatic heterocycles. The number of aliphatic hydroxyl groups excluding tert-OH is 2. The molecule has 2 aliphatic carbocycles. The Labute approximate surface area is 191 Å². The molecule has 8 heteroatoms. The maximum Gasteiger partial charge on any atom is 0.254 e. The number of hydrogen-bond donors (Lipinski definition) is 4. The highest BCUT2D eigenvalue weighted by atomic mass is 16.5. The van der Waals surface area contributed by atoms with Crippen LogP contribution in [0, 0.1) is 10.8 Å². The van der Waals surface area contributed by atoms with Gasteiger partial charge in [0.1, 0.15) is 23.8 Å². The Morgan fingerprint density at radius 2 is 2.03 bits per heavy atom. The largest absolute Gasteiger partial charge is 0.489 e. The zero-order chi connectivity index (χ0) is 23.8. The van der Waals surface area contributed by atoms with Crippen LogP contribution in [-0.4, -0.2) is 45.9 Å². The van der Waals surface area contributed by atoms with E-state index in [1.807, 2.05) is 32.1 Å². The molecule has 0 fully saturated rings. The molecular weight excluding hydrogens is 424 g/mol. The van der Waals surface area contributed by atoms with Crippen LogP contribution in [-0.2, 0) is 11.2 Å². The Morgan fingerprint density at radius 3 is 2.73 bits per heavy atom. The summed E-state index contributed by atoms with van der Waals surface area (Å²) in [7, 11) is 0. The second-order valence-corrected chi connectivity index (χ2v) is 9.82. The second kappa shape index (κ2) is 6.95. The lowest BCUT2D eigenvalue weighted by Crippen LogP contribution is -2.62. The fourth-order valence-electron chi connectivity index (χ4n) is 5.80. The average Bonchev–Trinajstić information content (AvgIpc) is 3.05. The van der Waals surface area contributed by atoms with Crippen molar-refractivity contribution in [1.29, 1.82) is 0 Å². The predicted molar refractivity (Wildman–Crippen MR) is 120 cm³/mol. The predicted octanol–water partition coefficient (Wildman–Crippen LogP) is 2.75. The maximum absolute atomic E-state index is 12.3. The summed E-state index contributed by atoms with van der Waals surface area (Å²) in [6, 6.07) is 3.62. The third-order valence-electron chi connectivity index (χ3n) is 7.74. The molecule has 4 N–H and O–H groups in total. The van der Waals surface area contributed by atoms with Gasteiger partial charge in [-0.3, -0.25) is 4.79 Å². The molecule has 0 saturated heterocycles. The van der Waals surface area contributed by atoms with Gasteiger partial charge >= 0.3 is 0 Å². The number of nitrogens with one attached hydrogen (secondary N) is 1. The van der Waals surface area contributed by atoms with Crippen molar-refractivity contribution in [3.8, 4) is 5.75 Å². The molecule has 4 aliphatic rings. The number of nitrogens with zero attached hydrogens (tertiary/aromatic N) is 1. The smallest absolute Gasteiger partial charge is 0.254 e. The van der Waals surface area contributed by atoms with Crippen molar-refractivity contribution in [2.45, 2.75) is 45.9 Å². The molecule has 1 aromatic rings. The molecule has 3 atom stereocenters. The Balaban J connectivity index is 1.80. The van der Waals surface area contributed by atoms with Gasteiger partial charge in [-0.2, -0.15) is 0 Å². The van der Waals surface area contributed by atoms with Crippen LogP contribution in [0.5, 0.6) is 5.75 Å². The summed E-state index contributed by atoms with van der Waals surface area (Å²) in [5, 5.41) is 36.0. The van der Waals surface area contributed by atoms with E-state index in [0.29, 0.717) is 34.8 Å². The van der Waals surface area contributed by atoms with E-state index in [2.05, 4.69) is 30.4 Å². The fourth-order valence-corrected chi connectivity index (χ4v) is 5.80. The Morgan fingerprint density at radius 1 is 1.27 bits per heavy atom. The van der Waals surface area contributed by atoms with Gasteiger partial charge < -0.3 is 30.2 Å². The van der Waals surface area contributed by atoms with Crippen molar-refractivity contribution in [3.63, 3.8) is 0 Å². The molecule has 5 rings (SSSR count). The molecule has 2 aliphatic heterocycles. The minimum atomic E-state index is -1.16. The Bertz CT molecular complexity index is 1190. The van der Waals surface area contributed by atoms with E-state index < -0.39 is 22.7 Å². The highest BCUT2D eigenvalue weighted by molar-refractivity contribution is 6.06. The topological polar surface area (TPSA) is 121 Å². The number of rotatable bonds is 3. The molecule has 1 amide bonds. The van der Waals surface area contributed by atoms with E-state index in [1.54, 1.807) is 6.07 Å². The van der Waals surface area contributed by atoms with Gasteiger partial charge in [0.2, 0.25) is 0 Å². The number of hydrogen-bond acceptors (Lipinski definition) is 7. The van der Waals surface area contributed by atoms with E-state index in [4.69, 9.17) is 9.47 Å². The number of allylic oxidation sites excluding steroid dienone is 3. The van der Waals surface area contributed by atoms with Gasteiger partial charge in [0.15, 0.2) is 11.8 Å². The number of amides is 1. The van der Waals surface area contributed by atoms with Crippen LogP contribution < -0.4 is 10.1 Å². The normalized spacial score (nSPS) is 32.3. The van der Waals surface area contributed by atoms with E-state index in [1.165, 1.54) is 0 Å². The van der Waals surface area contributed by atoms with Crippen molar-refractivity contribution in [2.24, 2.45) is 16.0 Å². The summed E-state index contributed by atoms with van der Waals surface area (Å²) < 4.78 is 12.7. The van der Waals surface area contributed by atoms with Crippen LogP contribution in [0.4, 0.5) is 0 Å². The van der Waals surface area contributed by atoms with Crippen molar-refractivity contribution in [1.82, 2.24) is 5.32 Å². The van der Waals surface area contributed by atoms with Crippen molar-refractivity contribution >= 4 is 11.6 Å². The summed E-state index contributed by atoms with van der Waals surface area (Å²) in [5.74, 6) is 0.473. The summed E-state index contributed by atoms with van der Waals surface area (Å²) in [6.45, 7) is 7.90. The molecule has 0 bridgehead atoms. The maximum atomic E-state index is 12.3. The number of aliphatic hydroxyl groups is 2. The standard InChI is InChI=1S/C25H28N2O6/c1-13-5-8-17-23(2,3)20(27-31)16(32-10-9-28)12-25(17)24(13,4)11-14-6-7-15-18(19(14)33-25)22(30)26-21(15)29/h5-8,12,22,28,30-31H,9-11H2,1-4H3,(H,26,29). The zero-order valence-corrected chi connectivity index (χ0v) is 19.1. The van der Waals surface area contributed by atoms with Crippen LogP contribution in [0.25, 0.3) is 0 Å². The Hall–Kier alpha value is -3.10. The molecule has 1 aromatic carbocycles. The van der Waals surface area contributed by atoms with Gasteiger partial charge in [-0.1, -0.05) is 49.7 Å². The third kappa shape index (κ3) is 2.65. The average molecular weight is 453 g/mol. The molecule has 8 nitrogen and oxygen atoms in total. The number of benzene rings is 1. The van der Waals surface area contributed by atoms with Crippen LogP contribution in [0.2, 0.25) is 0 Å². The number of carbonyl (C=O) groups excluding carboxylic acids is 1. The van der Waals surface area contributed by atoms with Gasteiger partial charge in [0.25, 0.3) is 5.91 Å². The summed E-state index contributed by atoms with van der Waals surface area (Å²) in [5.41, 5.74) is 1.73. The van der Waals surface area contributed by atoms with Crippen molar-refractivity contribution in [2.75, 3.05) is 13.2 Å². The first kappa shape index (κ1) is 21.7. The molecule has 33 heavy (non-hydrogen) atoms. The van der Waals surface area contributed by atoms with E-state index in [-0.39, 0.29) is 19.1 Å². The number of carbonyl (C=O) groups is 1. The first-order valence-electron chi connectivity index (χ1n) is 11.0. The molecule has 2 heterocycles. The van der Waals surface area contributed by atoms with Crippen LogP contribution >= 0.6 is 0 Å². The molecule has 0 radical (unpaired) electrons. The number of oxime groups is 1. The first-order valence-corrected chi connectivity index (χ1v) is 11.0. The third-order valence-corrected chi connectivity index (χ3v) is 7.74. The van der Waals surface area contributed by atoms with Crippen LogP contribution in [0.15, 0.2) is 52.4 Å². The molecule has 3 unspecified atom stereocenters. The quantitative estimate of drug-likeness (QED) is 0.413. The van der Waals surface area contributed by atoms with Crippen LogP contribution in [0.3, 0.4) is 0 Å². The second-order valence-electron chi connectivity index (χ2n) is 9.82.